The van der Waals surface area contributed by atoms with E-state index in [-0.39, 0.29) is 29.1 Å². The summed E-state index contributed by atoms with van der Waals surface area (Å²) in [5.74, 6) is -0.403. The Labute approximate surface area is 144 Å². The second kappa shape index (κ2) is 7.31. The number of benzene rings is 2. The van der Waals surface area contributed by atoms with Crippen LogP contribution in [-0.4, -0.2) is 23.5 Å². The van der Waals surface area contributed by atoms with Gasteiger partial charge in [0.2, 0.25) is 0 Å². The highest BCUT2D eigenvalue weighted by Crippen LogP contribution is 2.28. The van der Waals surface area contributed by atoms with Crippen LogP contribution in [0.1, 0.15) is 34.9 Å². The average Bonchev–Trinajstić information content (AvgIpc) is 2.62. The summed E-state index contributed by atoms with van der Waals surface area (Å²) in [6, 6.07) is 13.6. The number of nitro groups is 1. The zero-order chi connectivity index (χ0) is 17.8. The summed E-state index contributed by atoms with van der Waals surface area (Å²) < 4.78 is 5.79. The molecule has 0 unspecified atom stereocenters. The van der Waals surface area contributed by atoms with Crippen LogP contribution in [0, 0.1) is 10.1 Å². The maximum absolute atomic E-state index is 12.5. The summed E-state index contributed by atoms with van der Waals surface area (Å²) in [6.45, 7) is 0.537. The molecule has 0 aliphatic carbocycles. The molecule has 130 valence electrons. The minimum absolute atomic E-state index is 0.0786. The first-order valence-electron chi connectivity index (χ1n) is 8.06. The Hall–Kier alpha value is -2.93. The topological polar surface area (TPSA) is 107 Å². The number of hydrogen-bond donors (Lipinski definition) is 2. The van der Waals surface area contributed by atoms with Crippen LogP contribution < -0.4 is 11.1 Å². The van der Waals surface area contributed by atoms with Gasteiger partial charge in [-0.25, -0.2) is 0 Å². The standard InChI is InChI=1S/C18H19N3O4/c19-16-7-6-14(21(23)24)11-15(16)18(22)20-13-8-9-25-17(10-13)12-4-2-1-3-5-12/h1-7,11,13,17H,8-10,19H2,(H,20,22)/t13-,17+/m1/s1. The number of non-ortho nitro benzene ring substituents is 1. The summed E-state index contributed by atoms with van der Waals surface area (Å²) in [5, 5.41) is 13.8. The van der Waals surface area contributed by atoms with E-state index in [0.717, 1.165) is 5.56 Å². The van der Waals surface area contributed by atoms with E-state index in [9.17, 15) is 14.9 Å². The van der Waals surface area contributed by atoms with E-state index >= 15 is 0 Å². The van der Waals surface area contributed by atoms with Gasteiger partial charge in [-0.05, 0) is 24.5 Å². The highest BCUT2D eigenvalue weighted by atomic mass is 16.6. The molecule has 1 amide bonds. The Bertz CT molecular complexity index is 779. The van der Waals surface area contributed by atoms with Crippen molar-refractivity contribution in [3.8, 4) is 0 Å². The fourth-order valence-corrected chi connectivity index (χ4v) is 2.95. The molecule has 0 radical (unpaired) electrons. The first-order valence-corrected chi connectivity index (χ1v) is 8.06. The third-order valence-corrected chi connectivity index (χ3v) is 4.28. The molecule has 2 aromatic rings. The van der Waals surface area contributed by atoms with Crippen LogP contribution in [-0.2, 0) is 4.74 Å². The van der Waals surface area contributed by atoms with Crippen molar-refractivity contribution in [3.05, 3.63) is 69.8 Å². The minimum atomic E-state index is -0.546. The van der Waals surface area contributed by atoms with Crippen molar-refractivity contribution in [3.63, 3.8) is 0 Å². The molecule has 0 aromatic heterocycles. The highest BCUT2D eigenvalue weighted by Gasteiger charge is 2.26. The molecule has 1 fully saturated rings. The summed E-state index contributed by atoms with van der Waals surface area (Å²) in [5.41, 5.74) is 7.05. The second-order valence-corrected chi connectivity index (χ2v) is 5.99. The Morgan fingerprint density at radius 1 is 1.24 bits per heavy atom. The SMILES string of the molecule is Nc1ccc([N+](=O)[O-])cc1C(=O)N[C@@H]1CCO[C@H](c2ccccc2)C1. The van der Waals surface area contributed by atoms with Gasteiger partial charge in [0, 0.05) is 30.5 Å². The van der Waals surface area contributed by atoms with Crippen LogP contribution in [0.2, 0.25) is 0 Å². The molecule has 1 heterocycles. The predicted octanol–water partition coefficient (Wildman–Crippen LogP) is 2.83. The van der Waals surface area contributed by atoms with Crippen LogP contribution in [0.15, 0.2) is 48.5 Å². The maximum Gasteiger partial charge on any atom is 0.270 e. The first kappa shape index (κ1) is 16.9. The number of carbonyl (C=O) groups is 1. The van der Waals surface area contributed by atoms with Gasteiger partial charge in [-0.3, -0.25) is 14.9 Å². The summed E-state index contributed by atoms with van der Waals surface area (Å²) >= 11 is 0. The van der Waals surface area contributed by atoms with E-state index in [1.807, 2.05) is 30.3 Å². The van der Waals surface area contributed by atoms with Gasteiger partial charge in [-0.1, -0.05) is 30.3 Å². The van der Waals surface area contributed by atoms with E-state index in [0.29, 0.717) is 19.4 Å². The lowest BCUT2D eigenvalue weighted by atomic mass is 9.97. The third-order valence-electron chi connectivity index (χ3n) is 4.28. The van der Waals surface area contributed by atoms with E-state index in [2.05, 4.69) is 5.32 Å². The molecule has 2 aromatic carbocycles. The van der Waals surface area contributed by atoms with Gasteiger partial charge in [0.05, 0.1) is 16.6 Å². The van der Waals surface area contributed by atoms with E-state index in [1.165, 1.54) is 18.2 Å². The van der Waals surface area contributed by atoms with Crippen molar-refractivity contribution in [2.24, 2.45) is 0 Å². The molecule has 0 bridgehead atoms. The minimum Gasteiger partial charge on any atom is -0.398 e. The van der Waals surface area contributed by atoms with Gasteiger partial charge < -0.3 is 15.8 Å². The number of hydrogen-bond acceptors (Lipinski definition) is 5. The lowest BCUT2D eigenvalue weighted by Gasteiger charge is -2.30. The van der Waals surface area contributed by atoms with Crippen molar-refractivity contribution in [2.75, 3.05) is 12.3 Å². The fraction of sp³-hybridized carbons (Fsp3) is 0.278. The molecule has 0 saturated carbocycles. The van der Waals surface area contributed by atoms with Gasteiger partial charge in [0.25, 0.3) is 11.6 Å². The normalized spacial score (nSPS) is 20.0. The fourth-order valence-electron chi connectivity index (χ4n) is 2.95. The summed E-state index contributed by atoms with van der Waals surface area (Å²) in [6.07, 6.45) is 1.25. The highest BCUT2D eigenvalue weighted by molar-refractivity contribution is 5.99. The number of nitro benzene ring substituents is 1. The summed E-state index contributed by atoms with van der Waals surface area (Å²) in [4.78, 5) is 22.8. The molecule has 3 N–H and O–H groups in total. The number of nitrogens with two attached hydrogens (primary N) is 1. The number of nitrogen functional groups attached to an aromatic ring is 1. The lowest BCUT2D eigenvalue weighted by Crippen LogP contribution is -2.40. The zero-order valence-corrected chi connectivity index (χ0v) is 13.6. The van der Waals surface area contributed by atoms with Crippen molar-refractivity contribution in [2.45, 2.75) is 25.0 Å². The molecule has 1 aliphatic rings. The molecule has 2 atom stereocenters. The Balaban J connectivity index is 1.70. The third kappa shape index (κ3) is 3.95. The lowest BCUT2D eigenvalue weighted by molar-refractivity contribution is -0.384. The van der Waals surface area contributed by atoms with Crippen LogP contribution in [0.25, 0.3) is 0 Å². The Morgan fingerprint density at radius 2 is 2.00 bits per heavy atom. The van der Waals surface area contributed by atoms with Gasteiger partial charge in [0.15, 0.2) is 0 Å². The van der Waals surface area contributed by atoms with Crippen molar-refractivity contribution in [1.29, 1.82) is 0 Å². The molecule has 3 rings (SSSR count). The van der Waals surface area contributed by atoms with Gasteiger partial charge in [0.1, 0.15) is 0 Å². The first-order chi connectivity index (χ1) is 12.0. The number of nitrogens with zero attached hydrogens (tertiary/aromatic N) is 1. The van der Waals surface area contributed by atoms with Crippen LogP contribution in [0.5, 0.6) is 0 Å². The molecule has 1 saturated heterocycles. The van der Waals surface area contributed by atoms with Gasteiger partial charge in [-0.2, -0.15) is 0 Å². The maximum atomic E-state index is 12.5. The van der Waals surface area contributed by atoms with Crippen LogP contribution >= 0.6 is 0 Å². The molecule has 0 spiro atoms. The number of nitrogens with one attached hydrogen (secondary N) is 1. The van der Waals surface area contributed by atoms with Crippen molar-refractivity contribution in [1.82, 2.24) is 5.32 Å². The van der Waals surface area contributed by atoms with E-state index < -0.39 is 10.8 Å². The van der Waals surface area contributed by atoms with E-state index in [1.54, 1.807) is 0 Å². The summed E-state index contributed by atoms with van der Waals surface area (Å²) in [7, 11) is 0. The molecule has 7 nitrogen and oxygen atoms in total. The molecular weight excluding hydrogens is 322 g/mol. The second-order valence-electron chi connectivity index (χ2n) is 5.99. The quantitative estimate of drug-likeness (QED) is 0.505. The van der Waals surface area contributed by atoms with E-state index in [4.69, 9.17) is 10.5 Å². The number of carbonyl (C=O) groups excluding carboxylic acids is 1. The monoisotopic (exact) mass is 341 g/mol. The number of ether oxygens (including phenoxy) is 1. The van der Waals surface area contributed by atoms with Gasteiger partial charge >= 0.3 is 0 Å². The number of amides is 1. The van der Waals surface area contributed by atoms with Crippen molar-refractivity contribution < 1.29 is 14.5 Å². The Kier molecular flexibility index (Phi) is 4.95. The molecular formula is C18H19N3O4. The van der Waals surface area contributed by atoms with Gasteiger partial charge in [-0.15, -0.1) is 0 Å². The number of rotatable bonds is 4. The molecule has 1 aliphatic heterocycles. The smallest absolute Gasteiger partial charge is 0.270 e. The molecule has 7 heteroatoms. The number of anilines is 1. The van der Waals surface area contributed by atoms with Crippen molar-refractivity contribution >= 4 is 17.3 Å². The largest absolute Gasteiger partial charge is 0.398 e. The Morgan fingerprint density at radius 3 is 2.72 bits per heavy atom. The zero-order valence-electron chi connectivity index (χ0n) is 13.6. The predicted molar refractivity (Wildman–Crippen MR) is 93.1 cm³/mol. The van der Waals surface area contributed by atoms with Crippen LogP contribution in [0.3, 0.4) is 0 Å². The molecule has 25 heavy (non-hydrogen) atoms. The average molecular weight is 341 g/mol. The van der Waals surface area contributed by atoms with Crippen LogP contribution in [0.4, 0.5) is 11.4 Å².